The second-order valence-corrected chi connectivity index (χ2v) is 3.45. The summed E-state index contributed by atoms with van der Waals surface area (Å²) in [4.78, 5) is 0. The van der Waals surface area contributed by atoms with Gasteiger partial charge < -0.3 is 14.4 Å². The summed E-state index contributed by atoms with van der Waals surface area (Å²) in [7, 11) is 1.60. The number of benzene rings is 1. The predicted molar refractivity (Wildman–Crippen MR) is 58.0 cm³/mol. The normalized spacial score (nSPS) is 12.4. The van der Waals surface area contributed by atoms with Crippen molar-refractivity contribution < 1.29 is 9.84 Å². The van der Waals surface area contributed by atoms with Gasteiger partial charge in [-0.15, -0.1) is 10.2 Å². The lowest BCUT2D eigenvalue weighted by Gasteiger charge is -2.12. The van der Waals surface area contributed by atoms with Crippen molar-refractivity contribution in [3.63, 3.8) is 0 Å². The van der Waals surface area contributed by atoms with Gasteiger partial charge in [-0.3, -0.25) is 0 Å². The molecule has 1 atom stereocenters. The highest BCUT2D eigenvalue weighted by molar-refractivity contribution is 5.29. The molecule has 2 rings (SSSR count). The molecule has 0 amide bonds. The van der Waals surface area contributed by atoms with Gasteiger partial charge in [0.05, 0.1) is 19.8 Å². The molecule has 0 fully saturated rings. The summed E-state index contributed by atoms with van der Waals surface area (Å²) in [6.45, 7) is 0.431. The third-order valence-electron chi connectivity index (χ3n) is 2.33. The molecule has 1 aromatic heterocycles. The molecule has 1 heterocycles. The average Bonchev–Trinajstić information content (AvgIpc) is 2.82. The number of aromatic nitrogens is 3. The Kier molecular flexibility index (Phi) is 3.16. The van der Waals surface area contributed by atoms with E-state index in [9.17, 15) is 5.11 Å². The van der Waals surface area contributed by atoms with E-state index in [1.165, 1.54) is 0 Å². The number of hydrogen-bond acceptors (Lipinski definition) is 4. The Balaban J connectivity index is 2.11. The van der Waals surface area contributed by atoms with Crippen LogP contribution in [0.15, 0.2) is 36.9 Å². The first-order chi connectivity index (χ1) is 7.79. The van der Waals surface area contributed by atoms with Crippen LogP contribution < -0.4 is 4.74 Å². The van der Waals surface area contributed by atoms with Crippen LogP contribution in [0.3, 0.4) is 0 Å². The molecule has 5 nitrogen and oxygen atoms in total. The van der Waals surface area contributed by atoms with Crippen LogP contribution in [-0.4, -0.2) is 27.0 Å². The predicted octanol–water partition coefficient (Wildman–Crippen LogP) is 1.02. The standard InChI is InChI=1S/C11H13N3O2/c1-16-10-4-2-3-9(5-10)11(15)6-14-7-12-13-8-14/h2-5,7-8,11,15H,6H2,1H3. The molecular weight excluding hydrogens is 206 g/mol. The molecule has 1 N–H and O–H groups in total. The monoisotopic (exact) mass is 219 g/mol. The van der Waals surface area contributed by atoms with Crippen molar-refractivity contribution in [3.8, 4) is 5.75 Å². The number of nitrogens with zero attached hydrogens (tertiary/aromatic N) is 3. The zero-order valence-corrected chi connectivity index (χ0v) is 8.95. The minimum atomic E-state index is -0.592. The van der Waals surface area contributed by atoms with E-state index < -0.39 is 6.10 Å². The second-order valence-electron chi connectivity index (χ2n) is 3.45. The van der Waals surface area contributed by atoms with Crippen molar-refractivity contribution >= 4 is 0 Å². The molecule has 16 heavy (non-hydrogen) atoms. The first kappa shape index (κ1) is 10.6. The van der Waals surface area contributed by atoms with Crippen LogP contribution in [-0.2, 0) is 6.54 Å². The number of aliphatic hydroxyl groups excluding tert-OH is 1. The van der Waals surface area contributed by atoms with Gasteiger partial charge in [-0.05, 0) is 17.7 Å². The van der Waals surface area contributed by atoms with Crippen molar-refractivity contribution in [2.45, 2.75) is 12.6 Å². The number of hydrogen-bond donors (Lipinski definition) is 1. The number of methoxy groups -OCH3 is 1. The Morgan fingerprint density at radius 2 is 2.12 bits per heavy atom. The third kappa shape index (κ3) is 2.38. The summed E-state index contributed by atoms with van der Waals surface area (Å²) in [5.74, 6) is 0.736. The summed E-state index contributed by atoms with van der Waals surface area (Å²) in [6.07, 6.45) is 2.55. The highest BCUT2D eigenvalue weighted by atomic mass is 16.5. The topological polar surface area (TPSA) is 60.2 Å². The van der Waals surface area contributed by atoms with E-state index in [1.807, 2.05) is 24.3 Å². The maximum Gasteiger partial charge on any atom is 0.119 e. The summed E-state index contributed by atoms with van der Waals surface area (Å²) in [5, 5.41) is 17.3. The van der Waals surface area contributed by atoms with Crippen molar-refractivity contribution in [1.82, 2.24) is 14.8 Å². The van der Waals surface area contributed by atoms with Gasteiger partial charge in [0.25, 0.3) is 0 Å². The van der Waals surface area contributed by atoms with E-state index in [1.54, 1.807) is 24.3 Å². The molecule has 0 bridgehead atoms. The lowest BCUT2D eigenvalue weighted by molar-refractivity contribution is 0.156. The van der Waals surface area contributed by atoms with Crippen molar-refractivity contribution in [1.29, 1.82) is 0 Å². The Morgan fingerprint density at radius 3 is 2.81 bits per heavy atom. The number of rotatable bonds is 4. The maximum absolute atomic E-state index is 9.98. The van der Waals surface area contributed by atoms with E-state index in [4.69, 9.17) is 4.74 Å². The lowest BCUT2D eigenvalue weighted by atomic mass is 10.1. The summed E-state index contributed by atoms with van der Waals surface area (Å²) in [6, 6.07) is 7.37. The van der Waals surface area contributed by atoms with Crippen molar-refractivity contribution in [3.05, 3.63) is 42.5 Å². The van der Waals surface area contributed by atoms with Gasteiger partial charge in [0, 0.05) is 0 Å². The Hall–Kier alpha value is -1.88. The molecule has 0 saturated heterocycles. The SMILES string of the molecule is COc1cccc(C(O)Cn2cnnc2)c1. The highest BCUT2D eigenvalue weighted by Crippen LogP contribution is 2.20. The van der Waals surface area contributed by atoms with Gasteiger partial charge in [0.2, 0.25) is 0 Å². The van der Waals surface area contributed by atoms with Gasteiger partial charge >= 0.3 is 0 Å². The lowest BCUT2D eigenvalue weighted by Crippen LogP contribution is -2.07. The summed E-state index contributed by atoms with van der Waals surface area (Å²) < 4.78 is 6.82. The number of ether oxygens (including phenoxy) is 1. The first-order valence-corrected chi connectivity index (χ1v) is 4.94. The fourth-order valence-corrected chi connectivity index (χ4v) is 1.47. The van der Waals surface area contributed by atoms with E-state index >= 15 is 0 Å². The Bertz CT molecular complexity index is 442. The van der Waals surface area contributed by atoms with Gasteiger partial charge in [0.1, 0.15) is 18.4 Å². The molecule has 0 aliphatic carbocycles. The highest BCUT2D eigenvalue weighted by Gasteiger charge is 2.08. The van der Waals surface area contributed by atoms with Gasteiger partial charge in [-0.25, -0.2) is 0 Å². The number of aliphatic hydroxyl groups is 1. The molecule has 0 aliphatic heterocycles. The summed E-state index contributed by atoms with van der Waals surface area (Å²) in [5.41, 5.74) is 0.813. The molecule has 84 valence electrons. The fourth-order valence-electron chi connectivity index (χ4n) is 1.47. The van der Waals surface area contributed by atoms with E-state index in [0.717, 1.165) is 11.3 Å². The minimum Gasteiger partial charge on any atom is -0.497 e. The molecule has 0 saturated carbocycles. The van der Waals surface area contributed by atoms with Crippen molar-refractivity contribution in [2.75, 3.05) is 7.11 Å². The Labute approximate surface area is 93.3 Å². The molecule has 0 aliphatic rings. The van der Waals surface area contributed by atoms with Crippen LogP contribution in [0.2, 0.25) is 0 Å². The second kappa shape index (κ2) is 4.76. The molecule has 0 radical (unpaired) electrons. The molecule has 1 unspecified atom stereocenters. The van der Waals surface area contributed by atoms with Crippen LogP contribution in [0.4, 0.5) is 0 Å². The Morgan fingerprint density at radius 1 is 1.38 bits per heavy atom. The quantitative estimate of drug-likeness (QED) is 0.834. The zero-order valence-electron chi connectivity index (χ0n) is 8.95. The summed E-state index contributed by atoms with van der Waals surface area (Å²) >= 11 is 0. The van der Waals surface area contributed by atoms with Gasteiger partial charge in [-0.2, -0.15) is 0 Å². The average molecular weight is 219 g/mol. The largest absolute Gasteiger partial charge is 0.497 e. The van der Waals surface area contributed by atoms with E-state index in [-0.39, 0.29) is 0 Å². The van der Waals surface area contributed by atoms with Crippen LogP contribution >= 0.6 is 0 Å². The fraction of sp³-hybridized carbons (Fsp3) is 0.273. The van der Waals surface area contributed by atoms with Crippen LogP contribution in [0, 0.1) is 0 Å². The molecule has 2 aromatic rings. The molecular formula is C11H13N3O2. The van der Waals surface area contributed by atoms with Gasteiger partial charge in [-0.1, -0.05) is 12.1 Å². The van der Waals surface area contributed by atoms with E-state index in [0.29, 0.717) is 6.54 Å². The van der Waals surface area contributed by atoms with E-state index in [2.05, 4.69) is 10.2 Å². The maximum atomic E-state index is 9.98. The molecule has 1 aromatic carbocycles. The van der Waals surface area contributed by atoms with Crippen LogP contribution in [0.25, 0.3) is 0 Å². The smallest absolute Gasteiger partial charge is 0.119 e. The van der Waals surface area contributed by atoms with Crippen molar-refractivity contribution in [2.24, 2.45) is 0 Å². The zero-order chi connectivity index (χ0) is 11.4. The van der Waals surface area contributed by atoms with Gasteiger partial charge in [0.15, 0.2) is 0 Å². The minimum absolute atomic E-state index is 0.431. The first-order valence-electron chi connectivity index (χ1n) is 4.94. The van der Waals surface area contributed by atoms with Crippen LogP contribution in [0.1, 0.15) is 11.7 Å². The molecule has 5 heteroatoms. The molecule has 0 spiro atoms. The van der Waals surface area contributed by atoms with Crippen LogP contribution in [0.5, 0.6) is 5.75 Å². The third-order valence-corrected chi connectivity index (χ3v) is 2.33.